The van der Waals surface area contributed by atoms with E-state index in [0.717, 1.165) is 28.7 Å². The zero-order valence-electron chi connectivity index (χ0n) is 12.2. The first-order valence-corrected chi connectivity index (χ1v) is 7.16. The number of aromatic nitrogens is 3. The van der Waals surface area contributed by atoms with Crippen LogP contribution >= 0.6 is 0 Å². The molecule has 2 atom stereocenters. The summed E-state index contributed by atoms with van der Waals surface area (Å²) in [6.07, 6.45) is 5.68. The molecule has 1 aromatic heterocycles. The fourth-order valence-electron chi connectivity index (χ4n) is 3.12. The minimum absolute atomic E-state index is 0.654. The van der Waals surface area contributed by atoms with Crippen LogP contribution in [0.3, 0.4) is 0 Å². The molecular formula is C16H20N4. The topological polar surface area (TPSA) is 43.1 Å². The minimum atomic E-state index is 0.654. The van der Waals surface area contributed by atoms with E-state index >= 15 is 0 Å². The number of nitrogens with zero attached hydrogens (tertiary/aromatic N) is 4. The molecule has 4 heteroatoms. The van der Waals surface area contributed by atoms with E-state index in [-0.39, 0.29) is 0 Å². The van der Waals surface area contributed by atoms with Crippen molar-refractivity contribution >= 4 is 16.9 Å². The normalized spacial score (nSPS) is 27.1. The lowest BCUT2D eigenvalue weighted by Crippen LogP contribution is -2.31. The van der Waals surface area contributed by atoms with Crippen LogP contribution in [0.25, 0.3) is 11.0 Å². The second-order valence-electron chi connectivity index (χ2n) is 5.70. The maximum Gasteiger partial charge on any atom is 0.150 e. The highest BCUT2D eigenvalue weighted by atomic mass is 15.4. The van der Waals surface area contributed by atoms with E-state index < -0.39 is 0 Å². The molecule has 3 rings (SSSR count). The average Bonchev–Trinajstić information content (AvgIpc) is 2.87. The van der Waals surface area contributed by atoms with Gasteiger partial charge in [0.2, 0.25) is 0 Å². The molecule has 2 unspecified atom stereocenters. The lowest BCUT2D eigenvalue weighted by atomic mass is 9.66. The summed E-state index contributed by atoms with van der Waals surface area (Å²) in [7, 11) is 1.80. The Bertz CT molecular complexity index is 660. The van der Waals surface area contributed by atoms with E-state index in [9.17, 15) is 0 Å². The summed E-state index contributed by atoms with van der Waals surface area (Å²) in [5.74, 6) is 3.03. The summed E-state index contributed by atoms with van der Waals surface area (Å²) < 4.78 is 1.81. The number of aliphatic imine (C=N–C) groups is 1. The summed E-state index contributed by atoms with van der Waals surface area (Å²) >= 11 is 0. The molecule has 0 bridgehead atoms. The molecule has 0 aliphatic heterocycles. The van der Waals surface area contributed by atoms with E-state index in [4.69, 9.17) is 0 Å². The van der Waals surface area contributed by atoms with Gasteiger partial charge >= 0.3 is 0 Å². The molecule has 4 nitrogen and oxygen atoms in total. The first kappa shape index (κ1) is 13.0. The number of hydrogen-bond donors (Lipinski definition) is 0. The SMILES string of the molecule is CN=C(/C=C\C1C(C)CC1C)n1nnc2ccccc21. The summed E-state index contributed by atoms with van der Waals surface area (Å²) in [5, 5.41) is 8.39. The molecule has 2 aromatic rings. The fraction of sp³-hybridized carbons (Fsp3) is 0.438. The fourth-order valence-corrected chi connectivity index (χ4v) is 3.12. The number of allylic oxidation sites excluding steroid dienone is 2. The Kier molecular flexibility index (Phi) is 3.38. The number of rotatable bonds is 2. The van der Waals surface area contributed by atoms with Crippen molar-refractivity contribution in [2.24, 2.45) is 22.7 Å². The van der Waals surface area contributed by atoms with Crippen LogP contribution in [-0.4, -0.2) is 27.9 Å². The van der Waals surface area contributed by atoms with Crippen LogP contribution < -0.4 is 0 Å². The van der Waals surface area contributed by atoms with Crippen molar-refractivity contribution in [3.05, 3.63) is 36.4 Å². The Morgan fingerprint density at radius 3 is 2.75 bits per heavy atom. The van der Waals surface area contributed by atoms with Crippen molar-refractivity contribution < 1.29 is 0 Å². The van der Waals surface area contributed by atoms with E-state index in [1.807, 2.05) is 24.3 Å². The molecule has 1 aliphatic rings. The number of hydrogen-bond acceptors (Lipinski definition) is 3. The van der Waals surface area contributed by atoms with Gasteiger partial charge in [-0.1, -0.05) is 37.3 Å². The maximum absolute atomic E-state index is 4.35. The molecule has 0 amide bonds. The van der Waals surface area contributed by atoms with Gasteiger partial charge in [0.15, 0.2) is 5.84 Å². The van der Waals surface area contributed by atoms with Crippen LogP contribution in [0, 0.1) is 17.8 Å². The first-order valence-electron chi connectivity index (χ1n) is 7.16. The van der Waals surface area contributed by atoms with Crippen molar-refractivity contribution in [2.45, 2.75) is 20.3 Å². The molecule has 1 saturated carbocycles. The van der Waals surface area contributed by atoms with E-state index in [1.165, 1.54) is 6.42 Å². The van der Waals surface area contributed by atoms with Gasteiger partial charge in [-0.25, -0.2) is 0 Å². The van der Waals surface area contributed by atoms with Crippen LogP contribution in [0.15, 0.2) is 41.4 Å². The first-order chi connectivity index (χ1) is 9.70. The molecular weight excluding hydrogens is 248 g/mol. The monoisotopic (exact) mass is 268 g/mol. The van der Waals surface area contributed by atoms with Gasteiger partial charge in [-0.15, -0.1) is 5.10 Å². The zero-order chi connectivity index (χ0) is 14.1. The summed E-state index contributed by atoms with van der Waals surface area (Å²) in [6, 6.07) is 7.95. The largest absolute Gasteiger partial charge is 0.270 e. The highest BCUT2D eigenvalue weighted by molar-refractivity contribution is 5.99. The average molecular weight is 268 g/mol. The Morgan fingerprint density at radius 2 is 2.05 bits per heavy atom. The molecule has 1 aliphatic carbocycles. The number of para-hydroxylation sites is 1. The van der Waals surface area contributed by atoms with E-state index in [2.05, 4.69) is 41.3 Å². The Morgan fingerprint density at radius 1 is 1.30 bits per heavy atom. The summed E-state index contributed by atoms with van der Waals surface area (Å²) in [4.78, 5) is 4.35. The van der Waals surface area contributed by atoms with Crippen molar-refractivity contribution in [1.29, 1.82) is 0 Å². The van der Waals surface area contributed by atoms with Crippen molar-refractivity contribution in [3.63, 3.8) is 0 Å². The smallest absolute Gasteiger partial charge is 0.150 e. The van der Waals surface area contributed by atoms with Crippen LogP contribution in [-0.2, 0) is 0 Å². The van der Waals surface area contributed by atoms with Crippen molar-refractivity contribution in [2.75, 3.05) is 7.05 Å². The predicted molar refractivity (Wildman–Crippen MR) is 81.9 cm³/mol. The lowest BCUT2D eigenvalue weighted by Gasteiger charge is -2.39. The minimum Gasteiger partial charge on any atom is -0.270 e. The van der Waals surface area contributed by atoms with Crippen molar-refractivity contribution in [3.8, 4) is 0 Å². The van der Waals surface area contributed by atoms with Gasteiger partial charge in [0.05, 0.1) is 5.52 Å². The Balaban J connectivity index is 1.89. The third kappa shape index (κ3) is 2.15. The molecule has 0 spiro atoms. The molecule has 0 saturated heterocycles. The highest BCUT2D eigenvalue weighted by Gasteiger charge is 2.32. The molecule has 0 N–H and O–H groups in total. The standard InChI is InChI=1S/C16H20N4/c1-11-10-12(2)13(11)8-9-16(17-3)20-15-7-5-4-6-14(15)18-19-20/h4-9,11-13H,10H2,1-3H3/b9-8-,17-16?. The molecule has 1 heterocycles. The van der Waals surface area contributed by atoms with Crippen LogP contribution in [0.1, 0.15) is 20.3 Å². The molecule has 104 valence electrons. The van der Waals surface area contributed by atoms with E-state index in [1.54, 1.807) is 11.7 Å². The second-order valence-corrected chi connectivity index (χ2v) is 5.70. The maximum atomic E-state index is 4.35. The van der Waals surface area contributed by atoms with Gasteiger partial charge in [0.1, 0.15) is 5.52 Å². The quantitative estimate of drug-likeness (QED) is 0.620. The zero-order valence-corrected chi connectivity index (χ0v) is 12.2. The van der Waals surface area contributed by atoms with Crippen LogP contribution in [0.2, 0.25) is 0 Å². The van der Waals surface area contributed by atoms with Gasteiger partial charge in [-0.2, -0.15) is 4.68 Å². The molecule has 1 fully saturated rings. The Hall–Kier alpha value is -1.97. The van der Waals surface area contributed by atoms with Gasteiger partial charge in [-0.05, 0) is 42.4 Å². The third-order valence-electron chi connectivity index (χ3n) is 4.32. The van der Waals surface area contributed by atoms with Gasteiger partial charge < -0.3 is 0 Å². The van der Waals surface area contributed by atoms with Gasteiger partial charge in [-0.3, -0.25) is 4.99 Å². The summed E-state index contributed by atoms with van der Waals surface area (Å²) in [5.41, 5.74) is 1.89. The molecule has 0 radical (unpaired) electrons. The molecule has 20 heavy (non-hydrogen) atoms. The van der Waals surface area contributed by atoms with Gasteiger partial charge in [0, 0.05) is 7.05 Å². The number of benzene rings is 1. The van der Waals surface area contributed by atoms with Crippen LogP contribution in [0.4, 0.5) is 0 Å². The van der Waals surface area contributed by atoms with Gasteiger partial charge in [0.25, 0.3) is 0 Å². The molecule has 1 aromatic carbocycles. The van der Waals surface area contributed by atoms with E-state index in [0.29, 0.717) is 5.92 Å². The highest BCUT2D eigenvalue weighted by Crippen LogP contribution is 2.40. The second kappa shape index (κ2) is 5.19. The number of fused-ring (bicyclic) bond motifs is 1. The van der Waals surface area contributed by atoms with Crippen LogP contribution in [0.5, 0.6) is 0 Å². The van der Waals surface area contributed by atoms with Crippen molar-refractivity contribution in [1.82, 2.24) is 15.0 Å². The Labute approximate surface area is 119 Å². The predicted octanol–water partition coefficient (Wildman–Crippen LogP) is 3.16. The third-order valence-corrected chi connectivity index (χ3v) is 4.32. The summed E-state index contributed by atoms with van der Waals surface area (Å²) in [6.45, 7) is 4.62. The lowest BCUT2D eigenvalue weighted by molar-refractivity contribution is 0.148.